The van der Waals surface area contributed by atoms with Gasteiger partial charge in [0.25, 0.3) is 5.91 Å². The Kier molecular flexibility index (Phi) is 6.47. The van der Waals surface area contributed by atoms with Crippen LogP contribution in [0.3, 0.4) is 0 Å². The van der Waals surface area contributed by atoms with E-state index >= 15 is 0 Å². The highest BCUT2D eigenvalue weighted by atomic mass is 79.9. The van der Waals surface area contributed by atoms with Gasteiger partial charge in [-0.3, -0.25) is 4.79 Å². The van der Waals surface area contributed by atoms with E-state index in [4.69, 9.17) is 9.84 Å². The number of nitrogens with zero attached hydrogens (tertiary/aromatic N) is 1. The minimum absolute atomic E-state index is 0.152. The number of carboxylic acids is 1. The van der Waals surface area contributed by atoms with E-state index < -0.39 is 24.3 Å². The maximum atomic E-state index is 12.9. The number of aliphatic carboxylic acids is 1. The Bertz CT molecular complexity index is 904. The Labute approximate surface area is 156 Å². The third-order valence-electron chi connectivity index (χ3n) is 3.09. The fourth-order valence-electron chi connectivity index (χ4n) is 1.91. The van der Waals surface area contributed by atoms with E-state index in [9.17, 15) is 19.2 Å². The molecule has 0 aliphatic rings. The van der Waals surface area contributed by atoms with E-state index in [1.807, 2.05) is 0 Å². The fraction of sp³-hybridized carbons (Fsp3) is 0.0556. The van der Waals surface area contributed by atoms with Crippen molar-refractivity contribution in [3.8, 4) is 11.8 Å². The minimum Gasteiger partial charge on any atom is -0.481 e. The summed E-state index contributed by atoms with van der Waals surface area (Å²) in [6, 6.07) is 11.6. The summed E-state index contributed by atoms with van der Waals surface area (Å²) < 4.78 is 18.4. The third kappa shape index (κ3) is 5.43. The summed E-state index contributed by atoms with van der Waals surface area (Å²) in [5, 5.41) is 20.3. The van der Waals surface area contributed by atoms with Gasteiger partial charge < -0.3 is 15.2 Å². The Morgan fingerprint density at radius 3 is 2.54 bits per heavy atom. The monoisotopic (exact) mass is 418 g/mol. The van der Waals surface area contributed by atoms with E-state index in [2.05, 4.69) is 21.2 Å². The van der Waals surface area contributed by atoms with Gasteiger partial charge in [0.1, 0.15) is 23.2 Å². The van der Waals surface area contributed by atoms with Gasteiger partial charge in [0, 0.05) is 5.69 Å². The number of nitrogens with one attached hydrogen (secondary N) is 1. The summed E-state index contributed by atoms with van der Waals surface area (Å²) in [6.07, 6.45) is 1.37. The molecule has 2 aromatic rings. The van der Waals surface area contributed by atoms with Crippen molar-refractivity contribution in [2.75, 3.05) is 11.9 Å². The standard InChI is InChI=1S/C18H12BrFN2O4/c19-15-8-11(1-6-16(15)26-10-17(23)24)7-12(9-21)18(25)22-14-4-2-13(20)3-5-14/h1-8H,10H2,(H,22,25)(H,23,24)/b12-7+. The normalized spacial score (nSPS) is 10.7. The SMILES string of the molecule is N#C/C(=C\c1ccc(OCC(=O)O)c(Br)c1)C(=O)Nc1ccc(F)cc1. The molecule has 2 rings (SSSR count). The van der Waals surface area contributed by atoms with Crippen LogP contribution in [0.5, 0.6) is 5.75 Å². The highest BCUT2D eigenvalue weighted by molar-refractivity contribution is 9.10. The summed E-state index contributed by atoms with van der Waals surface area (Å²) in [6.45, 7) is -0.489. The molecule has 26 heavy (non-hydrogen) atoms. The fourth-order valence-corrected chi connectivity index (χ4v) is 2.42. The van der Waals surface area contributed by atoms with Crippen molar-refractivity contribution < 1.29 is 23.8 Å². The van der Waals surface area contributed by atoms with Crippen LogP contribution in [-0.4, -0.2) is 23.6 Å². The van der Waals surface area contributed by atoms with Crippen molar-refractivity contribution in [3.63, 3.8) is 0 Å². The van der Waals surface area contributed by atoms with E-state index in [1.165, 1.54) is 36.4 Å². The summed E-state index contributed by atoms with van der Waals surface area (Å²) >= 11 is 3.24. The predicted molar refractivity (Wildman–Crippen MR) is 95.9 cm³/mol. The van der Waals surface area contributed by atoms with Crippen LogP contribution in [0.25, 0.3) is 6.08 Å². The van der Waals surface area contributed by atoms with Crippen LogP contribution in [0.2, 0.25) is 0 Å². The first-order chi connectivity index (χ1) is 12.4. The lowest BCUT2D eigenvalue weighted by Crippen LogP contribution is -2.13. The lowest BCUT2D eigenvalue weighted by Gasteiger charge is -2.07. The lowest BCUT2D eigenvalue weighted by molar-refractivity contribution is -0.139. The van der Waals surface area contributed by atoms with Crippen LogP contribution in [0.4, 0.5) is 10.1 Å². The molecule has 1 amide bonds. The number of carboxylic acid groups (broad SMARTS) is 1. The predicted octanol–water partition coefficient (Wildman–Crippen LogP) is 3.60. The van der Waals surface area contributed by atoms with Gasteiger partial charge in [-0.05, 0) is 64.0 Å². The van der Waals surface area contributed by atoms with E-state index in [-0.39, 0.29) is 5.57 Å². The topological polar surface area (TPSA) is 99.4 Å². The second-order valence-corrected chi connectivity index (χ2v) is 5.86. The summed E-state index contributed by atoms with van der Waals surface area (Å²) in [5.41, 5.74) is 0.738. The van der Waals surface area contributed by atoms with Crippen molar-refractivity contribution in [2.24, 2.45) is 0 Å². The molecule has 0 heterocycles. The molecular weight excluding hydrogens is 407 g/mol. The maximum Gasteiger partial charge on any atom is 0.341 e. The second-order valence-electron chi connectivity index (χ2n) is 5.00. The summed E-state index contributed by atoms with van der Waals surface area (Å²) in [5.74, 6) is -1.86. The molecule has 0 aromatic heterocycles. The Morgan fingerprint density at radius 2 is 1.96 bits per heavy atom. The van der Waals surface area contributed by atoms with Crippen molar-refractivity contribution >= 4 is 39.6 Å². The van der Waals surface area contributed by atoms with E-state index in [0.717, 1.165) is 0 Å². The van der Waals surface area contributed by atoms with E-state index in [0.29, 0.717) is 21.5 Å². The minimum atomic E-state index is -1.11. The Balaban J connectivity index is 2.15. The molecule has 0 spiro atoms. The molecule has 0 fully saturated rings. The highest BCUT2D eigenvalue weighted by Crippen LogP contribution is 2.27. The van der Waals surface area contributed by atoms with Crippen molar-refractivity contribution in [1.29, 1.82) is 5.26 Å². The average molecular weight is 419 g/mol. The number of carbonyl (C=O) groups is 2. The zero-order chi connectivity index (χ0) is 19.1. The van der Waals surface area contributed by atoms with Crippen LogP contribution < -0.4 is 10.1 Å². The quantitative estimate of drug-likeness (QED) is 0.551. The molecule has 8 heteroatoms. The zero-order valence-electron chi connectivity index (χ0n) is 13.2. The number of ether oxygens (including phenoxy) is 1. The Morgan fingerprint density at radius 1 is 1.27 bits per heavy atom. The van der Waals surface area contributed by atoms with Crippen molar-refractivity contribution in [1.82, 2.24) is 0 Å². The first-order valence-corrected chi connectivity index (χ1v) is 8.01. The summed E-state index contributed by atoms with van der Waals surface area (Å²) in [4.78, 5) is 22.7. The lowest BCUT2D eigenvalue weighted by atomic mass is 10.1. The van der Waals surface area contributed by atoms with Gasteiger partial charge >= 0.3 is 5.97 Å². The molecule has 132 valence electrons. The second kappa shape index (κ2) is 8.78. The molecule has 2 N–H and O–H groups in total. The van der Waals surface area contributed by atoms with E-state index in [1.54, 1.807) is 18.2 Å². The smallest absolute Gasteiger partial charge is 0.341 e. The van der Waals surface area contributed by atoms with Crippen LogP contribution in [0.1, 0.15) is 5.56 Å². The van der Waals surface area contributed by atoms with Crippen molar-refractivity contribution in [2.45, 2.75) is 0 Å². The molecule has 0 aliphatic heterocycles. The Hall–Kier alpha value is -3.18. The number of rotatable bonds is 6. The first kappa shape index (κ1) is 19.1. The number of halogens is 2. The molecule has 0 saturated heterocycles. The number of anilines is 1. The number of hydrogen-bond acceptors (Lipinski definition) is 4. The number of nitriles is 1. The molecule has 0 unspecified atom stereocenters. The molecule has 6 nitrogen and oxygen atoms in total. The number of carbonyl (C=O) groups excluding carboxylic acids is 1. The molecule has 0 atom stereocenters. The number of amides is 1. The van der Waals surface area contributed by atoms with Gasteiger partial charge in [-0.1, -0.05) is 6.07 Å². The third-order valence-corrected chi connectivity index (χ3v) is 3.70. The van der Waals surface area contributed by atoms with Gasteiger partial charge in [-0.2, -0.15) is 5.26 Å². The highest BCUT2D eigenvalue weighted by Gasteiger charge is 2.11. The van der Waals surface area contributed by atoms with Gasteiger partial charge in [0.05, 0.1) is 4.47 Å². The van der Waals surface area contributed by atoms with Gasteiger partial charge in [0.2, 0.25) is 0 Å². The van der Waals surface area contributed by atoms with Crippen LogP contribution >= 0.6 is 15.9 Å². The van der Waals surface area contributed by atoms with Gasteiger partial charge in [-0.15, -0.1) is 0 Å². The first-order valence-electron chi connectivity index (χ1n) is 7.22. The molecule has 0 aliphatic carbocycles. The zero-order valence-corrected chi connectivity index (χ0v) is 14.8. The van der Waals surface area contributed by atoms with Crippen LogP contribution in [-0.2, 0) is 9.59 Å². The number of benzene rings is 2. The van der Waals surface area contributed by atoms with Crippen molar-refractivity contribution in [3.05, 3.63) is 63.9 Å². The summed E-state index contributed by atoms with van der Waals surface area (Å²) in [7, 11) is 0. The largest absolute Gasteiger partial charge is 0.481 e. The van der Waals surface area contributed by atoms with Crippen LogP contribution in [0, 0.1) is 17.1 Å². The van der Waals surface area contributed by atoms with Gasteiger partial charge in [-0.25, -0.2) is 9.18 Å². The molecule has 0 bridgehead atoms. The van der Waals surface area contributed by atoms with Gasteiger partial charge in [0.15, 0.2) is 6.61 Å². The number of hydrogen-bond donors (Lipinski definition) is 2. The molecular formula is C18H12BrFN2O4. The molecule has 0 saturated carbocycles. The molecule has 2 aromatic carbocycles. The average Bonchev–Trinajstić information content (AvgIpc) is 2.60. The van der Waals surface area contributed by atoms with Crippen LogP contribution in [0.15, 0.2) is 52.5 Å². The molecule has 0 radical (unpaired) electrons. The maximum absolute atomic E-state index is 12.9.